The Balaban J connectivity index is 1.86. The van der Waals surface area contributed by atoms with Gasteiger partial charge in [0.05, 0.1) is 15.5 Å². The van der Waals surface area contributed by atoms with E-state index >= 15 is 0 Å². The number of benzene rings is 3. The quantitative estimate of drug-likeness (QED) is 0.400. The van der Waals surface area contributed by atoms with E-state index in [1.807, 2.05) is 6.92 Å². The Hall–Kier alpha value is -2.92. The van der Waals surface area contributed by atoms with Gasteiger partial charge in [0, 0.05) is 23.8 Å². The van der Waals surface area contributed by atoms with Crippen LogP contribution in [0.5, 0.6) is 0 Å². The van der Waals surface area contributed by atoms with Gasteiger partial charge in [-0.2, -0.15) is 4.31 Å². The van der Waals surface area contributed by atoms with Gasteiger partial charge in [-0.3, -0.25) is 9.10 Å². The number of halogens is 1. The van der Waals surface area contributed by atoms with Crippen LogP contribution in [0, 0.1) is 6.92 Å². The molecule has 0 aliphatic carbocycles. The first-order chi connectivity index (χ1) is 17.0. The van der Waals surface area contributed by atoms with Crippen LogP contribution in [0.2, 0.25) is 5.02 Å². The molecule has 192 valence electrons. The number of nitrogens with zero attached hydrogens (tertiary/aromatic N) is 2. The number of amides is 1. The lowest BCUT2D eigenvalue weighted by atomic mass is 10.2. The summed E-state index contributed by atoms with van der Waals surface area (Å²) in [7, 11) is -7.73. The Kier molecular flexibility index (Phi) is 8.78. The Morgan fingerprint density at radius 3 is 1.94 bits per heavy atom. The maximum Gasteiger partial charge on any atom is 0.264 e. The molecule has 0 fully saturated rings. The molecule has 0 saturated heterocycles. The molecule has 1 amide bonds. The van der Waals surface area contributed by atoms with E-state index in [2.05, 4.69) is 5.32 Å². The number of anilines is 2. The molecule has 3 aromatic carbocycles. The maximum atomic E-state index is 13.5. The summed E-state index contributed by atoms with van der Waals surface area (Å²) in [6.45, 7) is 5.52. The van der Waals surface area contributed by atoms with E-state index in [0.29, 0.717) is 23.8 Å². The second-order valence-corrected chi connectivity index (χ2v) is 12.2. The normalized spacial score (nSPS) is 11.9. The van der Waals surface area contributed by atoms with Crippen LogP contribution < -0.4 is 9.62 Å². The van der Waals surface area contributed by atoms with Crippen LogP contribution in [0.15, 0.2) is 82.6 Å². The predicted octanol–water partition coefficient (Wildman–Crippen LogP) is 4.51. The molecule has 0 aliphatic heterocycles. The summed E-state index contributed by atoms with van der Waals surface area (Å²) in [6, 6.07) is 18.3. The van der Waals surface area contributed by atoms with E-state index in [4.69, 9.17) is 11.6 Å². The Labute approximate surface area is 217 Å². The lowest BCUT2D eigenvalue weighted by Gasteiger charge is -2.24. The van der Waals surface area contributed by atoms with Gasteiger partial charge in [-0.25, -0.2) is 16.8 Å². The molecule has 0 spiro atoms. The van der Waals surface area contributed by atoms with Crippen molar-refractivity contribution in [3.63, 3.8) is 0 Å². The minimum atomic E-state index is -4.09. The van der Waals surface area contributed by atoms with Gasteiger partial charge in [0.1, 0.15) is 6.54 Å². The van der Waals surface area contributed by atoms with Crippen LogP contribution in [-0.2, 0) is 24.8 Å². The molecule has 0 aliphatic rings. The highest BCUT2D eigenvalue weighted by atomic mass is 35.5. The van der Waals surface area contributed by atoms with Gasteiger partial charge < -0.3 is 5.32 Å². The minimum absolute atomic E-state index is 0.0341. The second-order valence-electron chi connectivity index (χ2n) is 7.97. The highest BCUT2D eigenvalue weighted by Gasteiger charge is 2.28. The molecule has 0 bridgehead atoms. The third-order valence-electron chi connectivity index (χ3n) is 5.47. The van der Waals surface area contributed by atoms with E-state index in [1.54, 1.807) is 44.2 Å². The number of nitrogens with one attached hydrogen (secondary N) is 1. The molecule has 0 saturated carbocycles. The summed E-state index contributed by atoms with van der Waals surface area (Å²) >= 11 is 6.09. The van der Waals surface area contributed by atoms with Crippen molar-refractivity contribution in [3.05, 3.63) is 83.4 Å². The van der Waals surface area contributed by atoms with E-state index in [0.717, 1.165) is 9.87 Å². The van der Waals surface area contributed by atoms with Gasteiger partial charge >= 0.3 is 0 Å². The summed E-state index contributed by atoms with van der Waals surface area (Å²) in [5.74, 6) is -0.606. The average Bonchev–Trinajstić information content (AvgIpc) is 2.83. The molecule has 11 heteroatoms. The fourth-order valence-electron chi connectivity index (χ4n) is 3.54. The van der Waals surface area contributed by atoms with E-state index < -0.39 is 32.5 Å². The van der Waals surface area contributed by atoms with Crippen LogP contribution in [0.3, 0.4) is 0 Å². The van der Waals surface area contributed by atoms with Crippen LogP contribution in [-0.4, -0.2) is 46.7 Å². The molecule has 0 aromatic heterocycles. The van der Waals surface area contributed by atoms with Crippen molar-refractivity contribution in [1.29, 1.82) is 0 Å². The molecular formula is C25H28ClN3O5S2. The van der Waals surface area contributed by atoms with Gasteiger partial charge in [-0.05, 0) is 61.5 Å². The van der Waals surface area contributed by atoms with Crippen molar-refractivity contribution < 1.29 is 21.6 Å². The van der Waals surface area contributed by atoms with Gasteiger partial charge in [0.25, 0.3) is 10.0 Å². The zero-order chi connectivity index (χ0) is 26.5. The summed E-state index contributed by atoms with van der Waals surface area (Å²) in [4.78, 5) is 13.1. The monoisotopic (exact) mass is 549 g/mol. The smallest absolute Gasteiger partial charge is 0.264 e. The van der Waals surface area contributed by atoms with Crippen LogP contribution >= 0.6 is 11.6 Å². The first-order valence-corrected chi connectivity index (χ1v) is 14.5. The molecule has 0 atom stereocenters. The molecule has 8 nitrogen and oxygen atoms in total. The molecule has 0 unspecified atom stereocenters. The molecule has 0 radical (unpaired) electrons. The molecule has 3 rings (SSSR count). The van der Waals surface area contributed by atoms with Gasteiger partial charge in [0.15, 0.2) is 0 Å². The van der Waals surface area contributed by atoms with Crippen molar-refractivity contribution in [2.24, 2.45) is 0 Å². The lowest BCUT2D eigenvalue weighted by Crippen LogP contribution is -2.38. The van der Waals surface area contributed by atoms with E-state index in [1.165, 1.54) is 46.8 Å². The Morgan fingerprint density at radius 1 is 0.833 bits per heavy atom. The topological polar surface area (TPSA) is 104 Å². The SMILES string of the molecule is CCN(CC)S(=O)(=O)c1ccc(NC(=O)CN(c2cccc(Cl)c2)S(=O)(=O)c2ccc(C)cc2)cc1. The fraction of sp³-hybridized carbons (Fsp3) is 0.240. The number of hydrogen-bond acceptors (Lipinski definition) is 5. The zero-order valence-corrected chi connectivity index (χ0v) is 22.6. The van der Waals surface area contributed by atoms with Crippen molar-refractivity contribution in [2.75, 3.05) is 29.3 Å². The maximum absolute atomic E-state index is 13.5. The highest BCUT2D eigenvalue weighted by molar-refractivity contribution is 7.92. The largest absolute Gasteiger partial charge is 0.325 e. The minimum Gasteiger partial charge on any atom is -0.325 e. The summed E-state index contributed by atoms with van der Waals surface area (Å²) in [6.07, 6.45) is 0. The van der Waals surface area contributed by atoms with Crippen LogP contribution in [0.1, 0.15) is 19.4 Å². The first kappa shape index (κ1) is 27.7. The first-order valence-electron chi connectivity index (χ1n) is 11.2. The molecule has 0 heterocycles. The fourth-order valence-corrected chi connectivity index (χ4v) is 6.59. The van der Waals surface area contributed by atoms with Crippen molar-refractivity contribution >= 4 is 48.9 Å². The molecule has 3 aromatic rings. The molecule has 36 heavy (non-hydrogen) atoms. The standard InChI is InChI=1S/C25H28ClN3O5S2/c1-4-28(5-2)35(31,32)23-15-11-21(12-16-23)27-25(30)18-29(22-8-6-7-20(26)17-22)36(33,34)24-13-9-19(3)10-14-24/h6-17H,4-5,18H2,1-3H3,(H,27,30). The van der Waals surface area contributed by atoms with Gasteiger partial charge in [0.2, 0.25) is 15.9 Å². The van der Waals surface area contributed by atoms with Crippen molar-refractivity contribution in [2.45, 2.75) is 30.6 Å². The Morgan fingerprint density at radius 2 is 1.39 bits per heavy atom. The van der Waals surface area contributed by atoms with E-state index in [9.17, 15) is 21.6 Å². The number of carbonyl (C=O) groups is 1. The van der Waals surface area contributed by atoms with E-state index in [-0.39, 0.29) is 15.5 Å². The summed E-state index contributed by atoms with van der Waals surface area (Å²) in [5.41, 5.74) is 1.46. The lowest BCUT2D eigenvalue weighted by molar-refractivity contribution is -0.114. The number of aryl methyl sites for hydroxylation is 1. The summed E-state index contributed by atoms with van der Waals surface area (Å²) < 4.78 is 54.6. The Bertz CT molecular complexity index is 1420. The van der Waals surface area contributed by atoms with Gasteiger partial charge in [-0.15, -0.1) is 0 Å². The number of rotatable bonds is 10. The summed E-state index contributed by atoms with van der Waals surface area (Å²) in [5, 5.41) is 2.96. The number of carbonyl (C=O) groups excluding carboxylic acids is 1. The van der Waals surface area contributed by atoms with Gasteiger partial charge in [-0.1, -0.05) is 49.2 Å². The van der Waals surface area contributed by atoms with Crippen LogP contribution in [0.4, 0.5) is 11.4 Å². The zero-order valence-electron chi connectivity index (χ0n) is 20.2. The molecular weight excluding hydrogens is 522 g/mol. The van der Waals surface area contributed by atoms with Crippen molar-refractivity contribution in [1.82, 2.24) is 4.31 Å². The van der Waals surface area contributed by atoms with Crippen molar-refractivity contribution in [3.8, 4) is 0 Å². The highest BCUT2D eigenvalue weighted by Crippen LogP contribution is 2.26. The number of hydrogen-bond donors (Lipinski definition) is 1. The predicted molar refractivity (Wildman–Crippen MR) is 142 cm³/mol. The second kappa shape index (κ2) is 11.4. The third kappa shape index (κ3) is 6.25. The number of sulfonamides is 2. The average molecular weight is 550 g/mol. The van der Waals surface area contributed by atoms with Crippen LogP contribution in [0.25, 0.3) is 0 Å². The molecule has 1 N–H and O–H groups in total. The third-order valence-corrected chi connectivity index (χ3v) is 9.56.